The number of nitrogens with zero attached hydrogens (tertiary/aromatic N) is 2. The van der Waals surface area contributed by atoms with Crippen molar-refractivity contribution < 1.29 is 0 Å². The normalized spacial score (nSPS) is 11.7. The molecule has 9 aromatic rings. The summed E-state index contributed by atoms with van der Waals surface area (Å²) in [5.74, 6) is 0.945. The van der Waals surface area contributed by atoms with Gasteiger partial charge in [-0.2, -0.15) is 0 Å². The van der Waals surface area contributed by atoms with Gasteiger partial charge in [-0.25, -0.2) is 4.98 Å². The zero-order valence-electron chi connectivity index (χ0n) is 23.4. The van der Waals surface area contributed by atoms with Gasteiger partial charge in [0.15, 0.2) is 0 Å². The van der Waals surface area contributed by atoms with Crippen LogP contribution in [0, 0.1) is 0 Å². The van der Waals surface area contributed by atoms with E-state index < -0.39 is 0 Å². The van der Waals surface area contributed by atoms with Crippen LogP contribution in [-0.2, 0) is 0 Å². The second-order valence-corrected chi connectivity index (χ2v) is 11.1. The Bertz CT molecular complexity index is 2450. The van der Waals surface area contributed by atoms with Crippen molar-refractivity contribution in [3.05, 3.63) is 158 Å². The van der Waals surface area contributed by atoms with Crippen LogP contribution in [0.15, 0.2) is 158 Å². The third-order valence-electron chi connectivity index (χ3n) is 8.76. The van der Waals surface area contributed by atoms with E-state index >= 15 is 0 Å². The van der Waals surface area contributed by atoms with E-state index in [0.717, 1.165) is 28.1 Å². The highest BCUT2D eigenvalue weighted by Crippen LogP contribution is 2.46. The first kappa shape index (κ1) is 23.9. The quantitative estimate of drug-likeness (QED) is 0.159. The molecule has 0 aliphatic rings. The molecule has 1 aromatic heterocycles. The van der Waals surface area contributed by atoms with Gasteiger partial charge in [0.25, 0.3) is 0 Å². The monoisotopic (exact) mass is 546 g/mol. The second-order valence-electron chi connectivity index (χ2n) is 11.1. The van der Waals surface area contributed by atoms with Gasteiger partial charge < -0.3 is 0 Å². The van der Waals surface area contributed by atoms with Crippen LogP contribution in [0.4, 0.5) is 0 Å². The smallest absolute Gasteiger partial charge is 0.145 e. The van der Waals surface area contributed by atoms with E-state index in [2.05, 4.69) is 162 Å². The molecule has 0 fully saturated rings. The Balaban J connectivity index is 1.48. The van der Waals surface area contributed by atoms with E-state index in [1.165, 1.54) is 54.2 Å². The molecule has 0 bridgehead atoms. The number of fused-ring (bicyclic) bond motifs is 6. The van der Waals surface area contributed by atoms with E-state index in [1.807, 2.05) is 0 Å². The van der Waals surface area contributed by atoms with Crippen LogP contribution in [0.1, 0.15) is 0 Å². The van der Waals surface area contributed by atoms with E-state index in [-0.39, 0.29) is 0 Å². The lowest BCUT2D eigenvalue weighted by Crippen LogP contribution is -2.01. The molecule has 200 valence electrons. The minimum atomic E-state index is 0.945. The summed E-state index contributed by atoms with van der Waals surface area (Å²) in [6.45, 7) is 0. The minimum absolute atomic E-state index is 0.945. The molecule has 0 spiro atoms. The number of para-hydroxylation sites is 2. The Labute approximate surface area is 249 Å². The van der Waals surface area contributed by atoms with Crippen molar-refractivity contribution in [2.24, 2.45) is 0 Å². The largest absolute Gasteiger partial charge is 0.291 e. The third-order valence-corrected chi connectivity index (χ3v) is 8.76. The Morgan fingerprint density at radius 2 is 0.953 bits per heavy atom. The van der Waals surface area contributed by atoms with E-state index in [1.54, 1.807) is 0 Å². The Hall–Kier alpha value is -5.73. The molecule has 9 rings (SSSR count). The summed E-state index contributed by atoms with van der Waals surface area (Å²) in [4.78, 5) is 5.19. The van der Waals surface area contributed by atoms with Gasteiger partial charge >= 0.3 is 0 Å². The van der Waals surface area contributed by atoms with Crippen LogP contribution in [0.3, 0.4) is 0 Å². The molecule has 8 aromatic carbocycles. The van der Waals surface area contributed by atoms with Crippen LogP contribution in [0.5, 0.6) is 0 Å². The van der Waals surface area contributed by atoms with Gasteiger partial charge in [-0.3, -0.25) is 4.57 Å². The Kier molecular flexibility index (Phi) is 5.23. The molecule has 0 aliphatic carbocycles. The first-order valence-electron chi connectivity index (χ1n) is 14.7. The number of rotatable bonds is 3. The molecule has 0 amide bonds. The molecule has 2 heteroatoms. The molecule has 0 radical (unpaired) electrons. The first-order chi connectivity index (χ1) is 21.4. The number of aromatic nitrogens is 2. The lowest BCUT2D eigenvalue weighted by Gasteiger charge is -2.21. The van der Waals surface area contributed by atoms with Crippen molar-refractivity contribution >= 4 is 54.1 Å². The highest BCUT2D eigenvalue weighted by atomic mass is 15.1. The highest BCUT2D eigenvalue weighted by molar-refractivity contribution is 6.24. The van der Waals surface area contributed by atoms with Crippen LogP contribution in [-0.4, -0.2) is 9.55 Å². The van der Waals surface area contributed by atoms with Gasteiger partial charge in [-0.05, 0) is 61.6 Å². The van der Waals surface area contributed by atoms with Gasteiger partial charge in [0.2, 0.25) is 0 Å². The molecule has 2 nitrogen and oxygen atoms in total. The molecule has 0 atom stereocenters. The molecule has 0 saturated carbocycles. The third kappa shape index (κ3) is 3.57. The Morgan fingerprint density at radius 1 is 0.419 bits per heavy atom. The van der Waals surface area contributed by atoms with Gasteiger partial charge in [0, 0.05) is 16.3 Å². The van der Waals surface area contributed by atoms with Crippen molar-refractivity contribution in [3.8, 4) is 28.2 Å². The summed E-state index contributed by atoms with van der Waals surface area (Å²) >= 11 is 0. The van der Waals surface area contributed by atoms with Crippen LogP contribution in [0.2, 0.25) is 0 Å². The fourth-order valence-corrected chi connectivity index (χ4v) is 6.93. The van der Waals surface area contributed by atoms with Gasteiger partial charge in [-0.1, -0.05) is 140 Å². The maximum atomic E-state index is 5.19. The average molecular weight is 547 g/mol. The van der Waals surface area contributed by atoms with Crippen molar-refractivity contribution in [1.29, 1.82) is 0 Å². The van der Waals surface area contributed by atoms with Crippen LogP contribution < -0.4 is 0 Å². The predicted molar refractivity (Wildman–Crippen MR) is 182 cm³/mol. The van der Waals surface area contributed by atoms with Crippen molar-refractivity contribution in [1.82, 2.24) is 9.55 Å². The fraction of sp³-hybridized carbons (Fsp3) is 0. The molecule has 1 heterocycles. The SMILES string of the molecule is c1ccc(-c2nc3ccccc3n2-c2c3ccccc3c(-c3cc4ccccc4c4ccccc34)c3ccccc23)cc1. The maximum absolute atomic E-state index is 5.19. The Morgan fingerprint density at radius 3 is 1.67 bits per heavy atom. The lowest BCUT2D eigenvalue weighted by molar-refractivity contribution is 1.13. The number of imidazole rings is 1. The predicted octanol–water partition coefficient (Wildman–Crippen LogP) is 11.0. The van der Waals surface area contributed by atoms with E-state index in [9.17, 15) is 0 Å². The van der Waals surface area contributed by atoms with Crippen LogP contribution >= 0.6 is 0 Å². The molecular formula is C41H26N2. The minimum Gasteiger partial charge on any atom is -0.291 e. The standard InChI is InChI=1S/C41H26N2/c1-2-14-27(15-3-1)41-42-37-24-12-13-25-38(37)43(41)40-34-22-10-8-20-32(34)39(33-21-9-11-23-35(33)40)36-26-28-16-4-5-17-29(28)30-18-6-7-19-31(30)36/h1-26H. The number of hydrogen-bond donors (Lipinski definition) is 0. The zero-order chi connectivity index (χ0) is 28.3. The number of benzene rings is 8. The summed E-state index contributed by atoms with van der Waals surface area (Å²) in [5, 5.41) is 9.94. The van der Waals surface area contributed by atoms with E-state index in [4.69, 9.17) is 4.98 Å². The maximum Gasteiger partial charge on any atom is 0.145 e. The highest BCUT2D eigenvalue weighted by Gasteiger charge is 2.22. The van der Waals surface area contributed by atoms with Crippen molar-refractivity contribution in [2.45, 2.75) is 0 Å². The summed E-state index contributed by atoms with van der Waals surface area (Å²) < 4.78 is 2.37. The molecule has 0 aliphatic heterocycles. The van der Waals surface area contributed by atoms with Crippen molar-refractivity contribution in [2.75, 3.05) is 0 Å². The van der Waals surface area contributed by atoms with Gasteiger partial charge in [0.1, 0.15) is 5.82 Å². The summed E-state index contributed by atoms with van der Waals surface area (Å²) in [6, 6.07) is 56.7. The molecule has 0 N–H and O–H groups in total. The summed E-state index contributed by atoms with van der Waals surface area (Å²) in [7, 11) is 0. The van der Waals surface area contributed by atoms with Gasteiger partial charge in [-0.15, -0.1) is 0 Å². The first-order valence-corrected chi connectivity index (χ1v) is 14.7. The lowest BCUT2D eigenvalue weighted by atomic mass is 9.86. The fourth-order valence-electron chi connectivity index (χ4n) is 6.93. The average Bonchev–Trinajstić information content (AvgIpc) is 3.46. The molecular weight excluding hydrogens is 520 g/mol. The van der Waals surface area contributed by atoms with E-state index in [0.29, 0.717) is 0 Å². The van der Waals surface area contributed by atoms with Gasteiger partial charge in [0.05, 0.1) is 16.7 Å². The van der Waals surface area contributed by atoms with Crippen LogP contribution in [0.25, 0.3) is 82.3 Å². The summed E-state index contributed by atoms with van der Waals surface area (Å²) in [6.07, 6.45) is 0. The zero-order valence-corrected chi connectivity index (χ0v) is 23.4. The molecule has 0 saturated heterocycles. The number of hydrogen-bond acceptors (Lipinski definition) is 1. The topological polar surface area (TPSA) is 17.8 Å². The second kappa shape index (κ2) is 9.40. The molecule has 43 heavy (non-hydrogen) atoms. The van der Waals surface area contributed by atoms with Crippen molar-refractivity contribution in [3.63, 3.8) is 0 Å². The molecule has 0 unspecified atom stereocenters. The summed E-state index contributed by atoms with van der Waals surface area (Å²) in [5.41, 5.74) is 6.86.